The molecule has 15 heavy (non-hydrogen) atoms. The van der Waals surface area contributed by atoms with E-state index in [9.17, 15) is 0 Å². The fourth-order valence-corrected chi connectivity index (χ4v) is 4.52. The highest BCUT2D eigenvalue weighted by molar-refractivity contribution is 9.09. The Labute approximate surface area is 103 Å². The van der Waals surface area contributed by atoms with Crippen molar-refractivity contribution in [1.82, 2.24) is 0 Å². The van der Waals surface area contributed by atoms with E-state index in [1.165, 1.54) is 31.0 Å². The number of hydrogen-bond donors (Lipinski definition) is 0. The fraction of sp³-hybridized carbons (Fsp3) is 1.00. The van der Waals surface area contributed by atoms with Crippen LogP contribution in [0.2, 0.25) is 0 Å². The Morgan fingerprint density at radius 1 is 0.933 bits per heavy atom. The first-order valence-electron chi connectivity index (χ1n) is 6.89. The lowest BCUT2D eigenvalue weighted by atomic mass is 9.64. The molecule has 2 rings (SSSR count). The standard InChI is InChI=1S/C14H25Br/c1-2-11-3-5-14-10-12(7-8-15)4-6-13(14)9-11/h11-14H,2-10H2,1H3. The van der Waals surface area contributed by atoms with Crippen LogP contribution < -0.4 is 0 Å². The van der Waals surface area contributed by atoms with Gasteiger partial charge in [0.25, 0.3) is 0 Å². The normalized spacial score (nSPS) is 41.2. The summed E-state index contributed by atoms with van der Waals surface area (Å²) >= 11 is 3.59. The van der Waals surface area contributed by atoms with Crippen LogP contribution in [-0.2, 0) is 0 Å². The van der Waals surface area contributed by atoms with Gasteiger partial charge >= 0.3 is 0 Å². The minimum Gasteiger partial charge on any atom is -0.0928 e. The quantitative estimate of drug-likeness (QED) is 0.634. The second-order valence-corrected chi connectivity index (χ2v) is 6.56. The van der Waals surface area contributed by atoms with Gasteiger partial charge in [-0.3, -0.25) is 0 Å². The van der Waals surface area contributed by atoms with Crippen molar-refractivity contribution in [3.8, 4) is 0 Å². The van der Waals surface area contributed by atoms with Crippen molar-refractivity contribution < 1.29 is 0 Å². The van der Waals surface area contributed by atoms with Gasteiger partial charge in [-0.15, -0.1) is 0 Å². The van der Waals surface area contributed by atoms with Crippen LogP contribution in [0.1, 0.15) is 58.3 Å². The molecular formula is C14H25Br. The summed E-state index contributed by atoms with van der Waals surface area (Å²) in [6, 6.07) is 0. The second kappa shape index (κ2) is 5.70. The second-order valence-electron chi connectivity index (χ2n) is 5.76. The molecule has 0 N–H and O–H groups in total. The summed E-state index contributed by atoms with van der Waals surface area (Å²) in [7, 11) is 0. The molecule has 88 valence electrons. The zero-order valence-electron chi connectivity index (χ0n) is 10.1. The van der Waals surface area contributed by atoms with Gasteiger partial charge in [-0.05, 0) is 55.8 Å². The summed E-state index contributed by atoms with van der Waals surface area (Å²) in [5, 5.41) is 1.21. The van der Waals surface area contributed by atoms with Gasteiger partial charge in [0.15, 0.2) is 0 Å². The summed E-state index contributed by atoms with van der Waals surface area (Å²) in [4.78, 5) is 0. The van der Waals surface area contributed by atoms with Crippen molar-refractivity contribution in [2.45, 2.75) is 58.3 Å². The largest absolute Gasteiger partial charge is 0.0928 e. The van der Waals surface area contributed by atoms with E-state index in [1.54, 1.807) is 25.7 Å². The van der Waals surface area contributed by atoms with E-state index in [4.69, 9.17) is 0 Å². The van der Waals surface area contributed by atoms with Crippen LogP contribution in [0.3, 0.4) is 0 Å². The van der Waals surface area contributed by atoms with Crippen molar-refractivity contribution in [3.63, 3.8) is 0 Å². The van der Waals surface area contributed by atoms with Gasteiger partial charge in [0, 0.05) is 5.33 Å². The third-order valence-corrected chi connectivity index (χ3v) is 5.38. The lowest BCUT2D eigenvalue weighted by Gasteiger charge is -2.42. The Morgan fingerprint density at radius 3 is 2.13 bits per heavy atom. The average Bonchev–Trinajstić information content (AvgIpc) is 2.29. The molecule has 4 unspecified atom stereocenters. The number of rotatable bonds is 3. The maximum atomic E-state index is 3.59. The molecule has 0 aliphatic heterocycles. The molecular weight excluding hydrogens is 248 g/mol. The fourth-order valence-electron chi connectivity index (χ4n) is 3.87. The molecule has 0 aromatic rings. The van der Waals surface area contributed by atoms with Crippen LogP contribution in [0, 0.1) is 23.7 Å². The molecule has 0 heterocycles. The minimum absolute atomic E-state index is 1.05. The van der Waals surface area contributed by atoms with E-state index < -0.39 is 0 Å². The van der Waals surface area contributed by atoms with Gasteiger partial charge in [-0.1, -0.05) is 42.1 Å². The summed E-state index contributed by atoms with van der Waals surface area (Å²) in [6.45, 7) is 2.38. The Kier molecular flexibility index (Phi) is 4.54. The number of fused-ring (bicyclic) bond motifs is 1. The summed E-state index contributed by atoms with van der Waals surface area (Å²) in [5.74, 6) is 4.32. The third-order valence-electron chi connectivity index (χ3n) is 4.92. The molecule has 0 aromatic heterocycles. The van der Waals surface area contributed by atoms with E-state index in [0.717, 1.165) is 23.7 Å². The lowest BCUT2D eigenvalue weighted by Crippen LogP contribution is -2.31. The van der Waals surface area contributed by atoms with Crippen molar-refractivity contribution in [2.75, 3.05) is 5.33 Å². The molecule has 0 nitrogen and oxygen atoms in total. The van der Waals surface area contributed by atoms with Gasteiger partial charge in [0.05, 0.1) is 0 Å². The average molecular weight is 273 g/mol. The molecule has 2 aliphatic rings. The maximum absolute atomic E-state index is 3.59. The zero-order chi connectivity index (χ0) is 10.7. The Bertz CT molecular complexity index is 190. The third kappa shape index (κ3) is 2.99. The summed E-state index contributed by atoms with van der Waals surface area (Å²) in [5.41, 5.74) is 0. The number of hydrogen-bond acceptors (Lipinski definition) is 0. The van der Waals surface area contributed by atoms with Crippen LogP contribution in [0.15, 0.2) is 0 Å². The smallest absolute Gasteiger partial charge is 0.00339 e. The van der Waals surface area contributed by atoms with Crippen LogP contribution >= 0.6 is 15.9 Å². The summed E-state index contributed by atoms with van der Waals surface area (Å²) in [6.07, 6.45) is 12.1. The first-order valence-corrected chi connectivity index (χ1v) is 8.01. The molecule has 0 saturated heterocycles. The predicted molar refractivity (Wildman–Crippen MR) is 70.4 cm³/mol. The maximum Gasteiger partial charge on any atom is 0.00339 e. The molecule has 0 aromatic carbocycles. The monoisotopic (exact) mass is 272 g/mol. The van der Waals surface area contributed by atoms with Gasteiger partial charge < -0.3 is 0 Å². The van der Waals surface area contributed by atoms with Crippen LogP contribution in [0.5, 0.6) is 0 Å². The minimum atomic E-state index is 1.05. The topological polar surface area (TPSA) is 0 Å². The molecule has 2 aliphatic carbocycles. The molecule has 4 atom stereocenters. The Hall–Kier alpha value is 0.480. The van der Waals surface area contributed by atoms with Gasteiger partial charge in [0.2, 0.25) is 0 Å². The van der Waals surface area contributed by atoms with E-state index in [0.29, 0.717) is 0 Å². The van der Waals surface area contributed by atoms with Crippen LogP contribution in [0.25, 0.3) is 0 Å². The van der Waals surface area contributed by atoms with E-state index in [-0.39, 0.29) is 0 Å². The Morgan fingerprint density at radius 2 is 1.53 bits per heavy atom. The highest BCUT2D eigenvalue weighted by Gasteiger charge is 2.34. The van der Waals surface area contributed by atoms with Gasteiger partial charge in [-0.25, -0.2) is 0 Å². The Balaban J connectivity index is 1.83. The number of alkyl halides is 1. The van der Waals surface area contributed by atoms with Crippen molar-refractivity contribution in [1.29, 1.82) is 0 Å². The molecule has 2 fully saturated rings. The van der Waals surface area contributed by atoms with Gasteiger partial charge in [0.1, 0.15) is 0 Å². The molecule has 2 saturated carbocycles. The molecule has 1 heteroatoms. The molecule has 0 bridgehead atoms. The highest BCUT2D eigenvalue weighted by Crippen LogP contribution is 2.46. The van der Waals surface area contributed by atoms with Crippen LogP contribution in [0.4, 0.5) is 0 Å². The first-order chi connectivity index (χ1) is 7.33. The lowest BCUT2D eigenvalue weighted by molar-refractivity contribution is 0.0960. The van der Waals surface area contributed by atoms with E-state index in [1.807, 2.05) is 0 Å². The highest BCUT2D eigenvalue weighted by atomic mass is 79.9. The van der Waals surface area contributed by atoms with Crippen molar-refractivity contribution in [3.05, 3.63) is 0 Å². The van der Waals surface area contributed by atoms with E-state index >= 15 is 0 Å². The first kappa shape index (κ1) is 12.0. The van der Waals surface area contributed by atoms with E-state index in [2.05, 4.69) is 22.9 Å². The van der Waals surface area contributed by atoms with Crippen molar-refractivity contribution >= 4 is 15.9 Å². The molecule has 0 amide bonds. The van der Waals surface area contributed by atoms with Crippen LogP contribution in [-0.4, -0.2) is 5.33 Å². The number of halogens is 1. The van der Waals surface area contributed by atoms with Gasteiger partial charge in [-0.2, -0.15) is 0 Å². The summed E-state index contributed by atoms with van der Waals surface area (Å²) < 4.78 is 0. The predicted octanol–water partition coefficient (Wildman–Crippen LogP) is 5.01. The molecule has 0 spiro atoms. The molecule has 0 radical (unpaired) electrons. The zero-order valence-corrected chi connectivity index (χ0v) is 11.6. The van der Waals surface area contributed by atoms with Crippen molar-refractivity contribution in [2.24, 2.45) is 23.7 Å². The SMILES string of the molecule is CCC1CCC2CC(CCBr)CCC2C1.